The number of carbonyl (C=O) groups is 1. The molecule has 1 amide bonds. The molecule has 1 atom stereocenters. The number of primary amides is 1. The van der Waals surface area contributed by atoms with Crippen molar-refractivity contribution in [1.82, 2.24) is 0 Å². The molecule has 0 saturated heterocycles. The van der Waals surface area contributed by atoms with Crippen molar-refractivity contribution in [2.45, 2.75) is 58.0 Å². The molecule has 0 aliphatic carbocycles. The number of nitrogens with two attached hydrogens (primary N) is 1. The zero-order chi connectivity index (χ0) is 11.5. The predicted octanol–water partition coefficient (Wildman–Crippen LogP) is 3.39. The fraction of sp³-hybridized carbons (Fsp3) is 0.750. The molecular formula is C12H23NO2. The van der Waals surface area contributed by atoms with Gasteiger partial charge in [0.2, 0.25) is 0 Å². The lowest BCUT2D eigenvalue weighted by Gasteiger charge is -2.14. The minimum Gasteiger partial charge on any atom is -0.446 e. The summed E-state index contributed by atoms with van der Waals surface area (Å²) in [6.07, 6.45) is 8.65. The summed E-state index contributed by atoms with van der Waals surface area (Å²) in [4.78, 5) is 10.6. The molecule has 0 rings (SSSR count). The molecule has 0 aromatic rings. The van der Waals surface area contributed by atoms with E-state index in [1.54, 1.807) is 6.08 Å². The lowest BCUT2D eigenvalue weighted by atomic mass is 10.1. The third-order valence-corrected chi connectivity index (χ3v) is 2.34. The highest BCUT2D eigenvalue weighted by molar-refractivity contribution is 5.64. The summed E-state index contributed by atoms with van der Waals surface area (Å²) in [5.41, 5.74) is 4.98. The molecule has 0 aromatic carbocycles. The summed E-state index contributed by atoms with van der Waals surface area (Å²) in [5, 5.41) is 0. The second-order valence-corrected chi connectivity index (χ2v) is 3.79. The largest absolute Gasteiger partial charge is 0.446 e. The Morgan fingerprint density at radius 3 is 2.60 bits per heavy atom. The van der Waals surface area contributed by atoms with Crippen LogP contribution in [0.15, 0.2) is 12.7 Å². The summed E-state index contributed by atoms with van der Waals surface area (Å²) in [7, 11) is 0. The second-order valence-electron chi connectivity index (χ2n) is 3.79. The lowest BCUT2D eigenvalue weighted by molar-refractivity contribution is 0.101. The van der Waals surface area contributed by atoms with E-state index in [9.17, 15) is 4.79 Å². The van der Waals surface area contributed by atoms with E-state index in [0.717, 1.165) is 12.8 Å². The van der Waals surface area contributed by atoms with E-state index in [4.69, 9.17) is 10.5 Å². The molecule has 0 aliphatic heterocycles. The van der Waals surface area contributed by atoms with E-state index in [0.29, 0.717) is 6.42 Å². The van der Waals surface area contributed by atoms with Crippen LogP contribution in [0.5, 0.6) is 0 Å². The van der Waals surface area contributed by atoms with Gasteiger partial charge in [0.05, 0.1) is 0 Å². The smallest absolute Gasteiger partial charge is 0.404 e. The molecule has 1 unspecified atom stereocenters. The summed E-state index contributed by atoms with van der Waals surface area (Å²) >= 11 is 0. The van der Waals surface area contributed by atoms with E-state index >= 15 is 0 Å². The van der Waals surface area contributed by atoms with Crippen molar-refractivity contribution in [3.8, 4) is 0 Å². The molecule has 3 nitrogen and oxygen atoms in total. The fourth-order valence-electron chi connectivity index (χ4n) is 1.55. The van der Waals surface area contributed by atoms with E-state index in [-0.39, 0.29) is 6.10 Å². The first-order chi connectivity index (χ1) is 7.20. The average Bonchev–Trinajstić information content (AvgIpc) is 2.17. The molecule has 0 spiro atoms. The lowest BCUT2D eigenvalue weighted by Crippen LogP contribution is -2.22. The van der Waals surface area contributed by atoms with Crippen LogP contribution in [0.3, 0.4) is 0 Å². The number of amides is 1. The van der Waals surface area contributed by atoms with Crippen LogP contribution in [0.1, 0.15) is 51.9 Å². The Kier molecular flexibility index (Phi) is 8.93. The number of unbranched alkanes of at least 4 members (excludes halogenated alkanes) is 4. The van der Waals surface area contributed by atoms with Crippen LogP contribution in [0.4, 0.5) is 4.79 Å². The molecule has 0 saturated carbocycles. The Balaban J connectivity index is 3.56. The number of carbonyl (C=O) groups excluding carboxylic acids is 1. The minimum atomic E-state index is -0.685. The Labute approximate surface area is 92.7 Å². The summed E-state index contributed by atoms with van der Waals surface area (Å²) in [6, 6.07) is 0. The molecule has 0 radical (unpaired) electrons. The van der Waals surface area contributed by atoms with Gasteiger partial charge >= 0.3 is 6.09 Å². The van der Waals surface area contributed by atoms with Crippen molar-refractivity contribution in [2.24, 2.45) is 5.73 Å². The van der Waals surface area contributed by atoms with E-state index in [2.05, 4.69) is 13.5 Å². The Bertz CT molecular complexity index is 180. The van der Waals surface area contributed by atoms with Crippen molar-refractivity contribution >= 4 is 6.09 Å². The molecule has 0 bridgehead atoms. The first-order valence-corrected chi connectivity index (χ1v) is 5.77. The standard InChI is InChI=1S/C12H23NO2/c1-3-5-6-7-8-10-11(9-4-2)15-12(13)14/h4,11H,2-3,5-10H2,1H3,(H2,13,14). The van der Waals surface area contributed by atoms with Crippen LogP contribution in [0.2, 0.25) is 0 Å². The van der Waals surface area contributed by atoms with Gasteiger partial charge in [0.25, 0.3) is 0 Å². The number of hydrogen-bond donors (Lipinski definition) is 1. The normalized spacial score (nSPS) is 12.1. The molecule has 0 heterocycles. The maximum absolute atomic E-state index is 10.6. The van der Waals surface area contributed by atoms with E-state index in [1.807, 2.05) is 0 Å². The monoisotopic (exact) mass is 213 g/mol. The third-order valence-electron chi connectivity index (χ3n) is 2.34. The van der Waals surface area contributed by atoms with Gasteiger partial charge in [-0.2, -0.15) is 0 Å². The second kappa shape index (κ2) is 9.56. The first kappa shape index (κ1) is 14.0. The first-order valence-electron chi connectivity index (χ1n) is 5.77. The van der Waals surface area contributed by atoms with E-state index < -0.39 is 6.09 Å². The van der Waals surface area contributed by atoms with E-state index in [1.165, 1.54) is 25.7 Å². The zero-order valence-electron chi connectivity index (χ0n) is 9.71. The maximum Gasteiger partial charge on any atom is 0.404 e. The molecule has 88 valence electrons. The van der Waals surface area contributed by atoms with Gasteiger partial charge in [-0.05, 0) is 12.8 Å². The van der Waals surface area contributed by atoms with Gasteiger partial charge in [-0.25, -0.2) is 4.79 Å². The highest BCUT2D eigenvalue weighted by atomic mass is 16.6. The zero-order valence-corrected chi connectivity index (χ0v) is 9.71. The summed E-state index contributed by atoms with van der Waals surface area (Å²) in [6.45, 7) is 5.82. The quantitative estimate of drug-likeness (QED) is 0.471. The topological polar surface area (TPSA) is 52.3 Å². The van der Waals surface area contributed by atoms with Crippen LogP contribution in [0, 0.1) is 0 Å². The Hall–Kier alpha value is -0.990. The van der Waals surface area contributed by atoms with Crippen molar-refractivity contribution in [3.63, 3.8) is 0 Å². The highest BCUT2D eigenvalue weighted by Crippen LogP contribution is 2.12. The fourth-order valence-corrected chi connectivity index (χ4v) is 1.55. The minimum absolute atomic E-state index is 0.0818. The number of hydrogen-bond acceptors (Lipinski definition) is 2. The Morgan fingerprint density at radius 1 is 1.40 bits per heavy atom. The predicted molar refractivity (Wildman–Crippen MR) is 62.6 cm³/mol. The molecule has 2 N–H and O–H groups in total. The number of rotatable bonds is 9. The average molecular weight is 213 g/mol. The molecule has 15 heavy (non-hydrogen) atoms. The SMILES string of the molecule is C=CCC(CCCCCCC)OC(N)=O. The molecular weight excluding hydrogens is 190 g/mol. The Morgan fingerprint density at radius 2 is 2.07 bits per heavy atom. The van der Waals surface area contributed by atoms with Crippen LogP contribution in [-0.4, -0.2) is 12.2 Å². The maximum atomic E-state index is 10.6. The van der Waals surface area contributed by atoms with Gasteiger partial charge in [-0.1, -0.05) is 38.7 Å². The number of ether oxygens (including phenoxy) is 1. The summed E-state index contributed by atoms with van der Waals surface area (Å²) < 4.78 is 4.96. The van der Waals surface area contributed by atoms with Gasteiger partial charge in [-0.3, -0.25) is 0 Å². The van der Waals surface area contributed by atoms with Crippen LogP contribution < -0.4 is 5.73 Å². The van der Waals surface area contributed by atoms with Gasteiger partial charge in [0.1, 0.15) is 6.10 Å². The highest BCUT2D eigenvalue weighted by Gasteiger charge is 2.09. The van der Waals surface area contributed by atoms with Crippen molar-refractivity contribution < 1.29 is 9.53 Å². The van der Waals surface area contributed by atoms with Crippen molar-refractivity contribution in [1.29, 1.82) is 0 Å². The van der Waals surface area contributed by atoms with Gasteiger partial charge < -0.3 is 10.5 Å². The molecule has 0 fully saturated rings. The van der Waals surface area contributed by atoms with Crippen molar-refractivity contribution in [2.75, 3.05) is 0 Å². The molecule has 0 aromatic heterocycles. The van der Waals surface area contributed by atoms with Crippen LogP contribution in [0.25, 0.3) is 0 Å². The van der Waals surface area contributed by atoms with Gasteiger partial charge in [0, 0.05) is 6.42 Å². The van der Waals surface area contributed by atoms with Crippen LogP contribution >= 0.6 is 0 Å². The van der Waals surface area contributed by atoms with Gasteiger partial charge in [0.15, 0.2) is 0 Å². The molecule has 3 heteroatoms. The van der Waals surface area contributed by atoms with Crippen molar-refractivity contribution in [3.05, 3.63) is 12.7 Å². The van der Waals surface area contributed by atoms with Gasteiger partial charge in [-0.15, -0.1) is 6.58 Å². The summed E-state index contributed by atoms with van der Waals surface area (Å²) in [5.74, 6) is 0. The molecule has 0 aliphatic rings. The third kappa shape index (κ3) is 9.32. The van der Waals surface area contributed by atoms with Crippen LogP contribution in [-0.2, 0) is 4.74 Å².